The van der Waals surface area contributed by atoms with Crippen molar-refractivity contribution in [1.82, 2.24) is 9.97 Å². The lowest BCUT2D eigenvalue weighted by molar-refractivity contribution is 0.888. The van der Waals surface area contributed by atoms with E-state index >= 15 is 0 Å². The SMILES string of the molecule is C1=NN(c2cnccn2)CC1. The van der Waals surface area contributed by atoms with E-state index in [2.05, 4.69) is 15.1 Å². The van der Waals surface area contributed by atoms with Crippen LogP contribution in [0.1, 0.15) is 6.42 Å². The number of aromatic nitrogens is 2. The molecule has 4 heteroatoms. The van der Waals surface area contributed by atoms with Crippen LogP contribution in [0.25, 0.3) is 0 Å². The molecule has 0 unspecified atom stereocenters. The molecule has 1 aliphatic rings. The normalized spacial score (nSPS) is 15.8. The van der Waals surface area contributed by atoms with E-state index < -0.39 is 0 Å². The van der Waals surface area contributed by atoms with Gasteiger partial charge in [0.2, 0.25) is 0 Å². The Balaban J connectivity index is 2.23. The van der Waals surface area contributed by atoms with Crippen LogP contribution in [0.4, 0.5) is 5.82 Å². The Morgan fingerprint density at radius 2 is 2.36 bits per heavy atom. The first-order valence-corrected chi connectivity index (χ1v) is 3.53. The van der Waals surface area contributed by atoms with Gasteiger partial charge in [-0.05, 0) is 0 Å². The van der Waals surface area contributed by atoms with Gasteiger partial charge in [-0.25, -0.2) is 9.99 Å². The number of hydrogen-bond donors (Lipinski definition) is 0. The van der Waals surface area contributed by atoms with Gasteiger partial charge in [0.15, 0.2) is 5.82 Å². The minimum absolute atomic E-state index is 0.821. The van der Waals surface area contributed by atoms with Gasteiger partial charge in [-0.1, -0.05) is 0 Å². The number of hydrogen-bond acceptors (Lipinski definition) is 4. The second kappa shape index (κ2) is 2.65. The third-order valence-electron chi connectivity index (χ3n) is 1.51. The van der Waals surface area contributed by atoms with Crippen molar-refractivity contribution in [2.75, 3.05) is 11.6 Å². The van der Waals surface area contributed by atoms with Crippen molar-refractivity contribution in [2.45, 2.75) is 6.42 Å². The Bertz CT molecular complexity index is 256. The van der Waals surface area contributed by atoms with Crippen molar-refractivity contribution in [2.24, 2.45) is 5.10 Å². The van der Waals surface area contributed by atoms with Crippen molar-refractivity contribution in [3.63, 3.8) is 0 Å². The molecule has 2 rings (SSSR count). The zero-order valence-electron chi connectivity index (χ0n) is 6.01. The fraction of sp³-hybridized carbons (Fsp3) is 0.286. The van der Waals surface area contributed by atoms with Crippen LogP contribution in [-0.2, 0) is 0 Å². The molecule has 1 aliphatic heterocycles. The quantitative estimate of drug-likeness (QED) is 0.587. The molecular formula is C7H8N4. The summed E-state index contributed by atoms with van der Waals surface area (Å²) in [5.74, 6) is 0.821. The van der Waals surface area contributed by atoms with Crippen LogP contribution in [0, 0.1) is 0 Å². The van der Waals surface area contributed by atoms with Gasteiger partial charge < -0.3 is 0 Å². The molecule has 0 radical (unpaired) electrons. The Hall–Kier alpha value is -1.45. The second-order valence-electron chi connectivity index (χ2n) is 2.27. The molecule has 4 nitrogen and oxygen atoms in total. The van der Waals surface area contributed by atoms with Crippen molar-refractivity contribution in [3.8, 4) is 0 Å². The molecule has 0 atom stereocenters. The second-order valence-corrected chi connectivity index (χ2v) is 2.27. The highest BCUT2D eigenvalue weighted by molar-refractivity contribution is 5.63. The highest BCUT2D eigenvalue weighted by atomic mass is 15.5. The minimum atomic E-state index is 0.821. The summed E-state index contributed by atoms with van der Waals surface area (Å²) in [5, 5.41) is 5.95. The molecular weight excluding hydrogens is 140 g/mol. The maximum Gasteiger partial charge on any atom is 0.167 e. The Labute approximate surface area is 64.6 Å². The average molecular weight is 148 g/mol. The van der Waals surface area contributed by atoms with E-state index in [1.165, 1.54) is 0 Å². The molecule has 56 valence electrons. The molecule has 0 bridgehead atoms. The smallest absolute Gasteiger partial charge is 0.167 e. The summed E-state index contributed by atoms with van der Waals surface area (Å²) in [6.07, 6.45) is 7.92. The van der Waals surface area contributed by atoms with Crippen LogP contribution in [0.3, 0.4) is 0 Å². The van der Waals surface area contributed by atoms with Gasteiger partial charge >= 0.3 is 0 Å². The van der Waals surface area contributed by atoms with E-state index in [1.54, 1.807) is 18.6 Å². The molecule has 0 saturated carbocycles. The van der Waals surface area contributed by atoms with E-state index in [1.807, 2.05) is 11.2 Å². The number of anilines is 1. The molecule has 0 aliphatic carbocycles. The predicted octanol–water partition coefficient (Wildman–Crippen LogP) is 0.672. The number of hydrazone groups is 1. The number of nitrogens with zero attached hydrogens (tertiary/aromatic N) is 4. The van der Waals surface area contributed by atoms with Crippen molar-refractivity contribution in [3.05, 3.63) is 18.6 Å². The fourth-order valence-corrected chi connectivity index (χ4v) is 0.992. The maximum atomic E-state index is 4.11. The molecule has 1 aromatic heterocycles. The van der Waals surface area contributed by atoms with E-state index in [0.29, 0.717) is 0 Å². The van der Waals surface area contributed by atoms with Crippen LogP contribution < -0.4 is 5.01 Å². The summed E-state index contributed by atoms with van der Waals surface area (Å²) in [7, 11) is 0. The third kappa shape index (κ3) is 1.19. The fourth-order valence-electron chi connectivity index (χ4n) is 0.992. The van der Waals surface area contributed by atoms with Crippen LogP contribution >= 0.6 is 0 Å². The van der Waals surface area contributed by atoms with Crippen molar-refractivity contribution < 1.29 is 0 Å². The summed E-state index contributed by atoms with van der Waals surface area (Å²) in [5.41, 5.74) is 0. The summed E-state index contributed by atoms with van der Waals surface area (Å²) in [6.45, 7) is 0.915. The molecule has 0 saturated heterocycles. The lowest BCUT2D eigenvalue weighted by atomic mass is 10.5. The monoisotopic (exact) mass is 148 g/mol. The third-order valence-corrected chi connectivity index (χ3v) is 1.51. The van der Waals surface area contributed by atoms with E-state index in [0.717, 1.165) is 18.8 Å². The Kier molecular flexibility index (Phi) is 1.51. The minimum Gasteiger partial charge on any atom is -0.259 e. The van der Waals surface area contributed by atoms with E-state index in [-0.39, 0.29) is 0 Å². The molecule has 0 spiro atoms. The molecule has 11 heavy (non-hydrogen) atoms. The highest BCUT2D eigenvalue weighted by Crippen LogP contribution is 2.10. The van der Waals surface area contributed by atoms with Crippen molar-refractivity contribution in [1.29, 1.82) is 0 Å². The molecule has 0 aromatic carbocycles. The lowest BCUT2D eigenvalue weighted by Gasteiger charge is -2.10. The first-order valence-electron chi connectivity index (χ1n) is 3.53. The van der Waals surface area contributed by atoms with Gasteiger partial charge in [-0.3, -0.25) is 4.98 Å². The standard InChI is InChI=1S/C7H8N4/c1-2-10-11(5-1)7-6-8-3-4-9-7/h2-4,6H,1,5H2. The van der Waals surface area contributed by atoms with Gasteiger partial charge in [-0.15, -0.1) is 0 Å². The van der Waals surface area contributed by atoms with Crippen molar-refractivity contribution >= 4 is 12.0 Å². The maximum absolute atomic E-state index is 4.11. The largest absolute Gasteiger partial charge is 0.259 e. The predicted molar refractivity (Wildman–Crippen MR) is 42.5 cm³/mol. The Morgan fingerprint density at radius 1 is 1.36 bits per heavy atom. The first kappa shape index (κ1) is 6.27. The number of rotatable bonds is 1. The molecule has 2 heterocycles. The molecule has 0 N–H and O–H groups in total. The van der Waals surface area contributed by atoms with E-state index in [4.69, 9.17) is 0 Å². The van der Waals surface area contributed by atoms with Crippen LogP contribution in [0.15, 0.2) is 23.7 Å². The van der Waals surface area contributed by atoms with E-state index in [9.17, 15) is 0 Å². The summed E-state index contributed by atoms with van der Waals surface area (Å²) >= 11 is 0. The summed E-state index contributed by atoms with van der Waals surface area (Å²) in [4.78, 5) is 8.06. The highest BCUT2D eigenvalue weighted by Gasteiger charge is 2.08. The first-order chi connectivity index (χ1) is 5.47. The zero-order valence-corrected chi connectivity index (χ0v) is 6.01. The summed E-state index contributed by atoms with van der Waals surface area (Å²) < 4.78 is 0. The van der Waals surface area contributed by atoms with Gasteiger partial charge in [0.1, 0.15) is 0 Å². The van der Waals surface area contributed by atoms with Crippen LogP contribution in [-0.4, -0.2) is 22.7 Å². The topological polar surface area (TPSA) is 41.4 Å². The van der Waals surface area contributed by atoms with Gasteiger partial charge in [0.25, 0.3) is 0 Å². The van der Waals surface area contributed by atoms with Gasteiger partial charge in [-0.2, -0.15) is 5.10 Å². The van der Waals surface area contributed by atoms with Crippen LogP contribution in [0.2, 0.25) is 0 Å². The van der Waals surface area contributed by atoms with Gasteiger partial charge in [0, 0.05) is 31.6 Å². The Morgan fingerprint density at radius 3 is 3.00 bits per heavy atom. The molecule has 0 amide bonds. The molecule has 1 aromatic rings. The zero-order chi connectivity index (χ0) is 7.52. The molecule has 0 fully saturated rings. The van der Waals surface area contributed by atoms with Crippen LogP contribution in [0.5, 0.6) is 0 Å². The lowest BCUT2D eigenvalue weighted by Crippen LogP contribution is -2.13. The van der Waals surface area contributed by atoms with Gasteiger partial charge in [0.05, 0.1) is 6.20 Å². The average Bonchev–Trinajstić information content (AvgIpc) is 2.58. The summed E-state index contributed by atoms with van der Waals surface area (Å²) in [6, 6.07) is 0.